The smallest absolute Gasteiger partial charge is 0.486 e. The number of carboxylic acids is 2. The molecular weight excluding hydrogens is 558 g/mol. The van der Waals surface area contributed by atoms with Crippen LogP contribution in [-0.2, 0) is 20.9 Å². The molecular formula is C24H24F6N2O8. The number of fused-ring (bicyclic) bond motifs is 1. The molecule has 220 valence electrons. The van der Waals surface area contributed by atoms with Crippen molar-refractivity contribution in [1.29, 1.82) is 0 Å². The lowest BCUT2D eigenvalue weighted by Gasteiger charge is -2.23. The molecule has 2 fully saturated rings. The van der Waals surface area contributed by atoms with Crippen molar-refractivity contribution in [3.63, 3.8) is 0 Å². The molecule has 1 aromatic heterocycles. The van der Waals surface area contributed by atoms with Gasteiger partial charge in [-0.15, -0.1) is 0 Å². The Morgan fingerprint density at radius 1 is 1.05 bits per heavy atom. The van der Waals surface area contributed by atoms with E-state index in [1.165, 1.54) is 5.56 Å². The molecule has 1 aromatic carbocycles. The van der Waals surface area contributed by atoms with Gasteiger partial charge in [0.25, 0.3) is 0 Å². The fourth-order valence-electron chi connectivity index (χ4n) is 4.13. The summed E-state index contributed by atoms with van der Waals surface area (Å²) in [5.74, 6) is -3.02. The van der Waals surface area contributed by atoms with Crippen molar-refractivity contribution < 1.29 is 65.1 Å². The summed E-state index contributed by atoms with van der Waals surface area (Å²) < 4.78 is 86.6. The lowest BCUT2D eigenvalue weighted by atomic mass is 9.98. The highest BCUT2D eigenvalue weighted by Crippen LogP contribution is 2.38. The molecule has 2 N–H and O–H groups in total. The summed E-state index contributed by atoms with van der Waals surface area (Å²) in [5, 5.41) is 14.2. The number of likely N-dealkylation sites (tertiary alicyclic amines) is 1. The normalized spacial score (nSPS) is 21.7. The average Bonchev–Trinajstić information content (AvgIpc) is 3.60. The van der Waals surface area contributed by atoms with E-state index in [4.69, 9.17) is 38.7 Å². The fraction of sp³-hybridized carbons (Fsp3) is 0.458. The third kappa shape index (κ3) is 8.87. The summed E-state index contributed by atoms with van der Waals surface area (Å²) in [6.07, 6.45) is -4.58. The number of pyridine rings is 1. The second kappa shape index (κ2) is 12.6. The summed E-state index contributed by atoms with van der Waals surface area (Å²) in [7, 11) is 0. The molecule has 16 heteroatoms. The Labute approximate surface area is 223 Å². The van der Waals surface area contributed by atoms with Crippen LogP contribution >= 0.6 is 0 Å². The van der Waals surface area contributed by atoms with Gasteiger partial charge in [-0.2, -0.15) is 26.3 Å². The minimum atomic E-state index is -5.08. The zero-order chi connectivity index (χ0) is 29.6. The largest absolute Gasteiger partial charge is 0.490 e. The second-order valence-corrected chi connectivity index (χ2v) is 8.88. The molecule has 5 rings (SSSR count). The molecule has 2 atom stereocenters. The molecule has 40 heavy (non-hydrogen) atoms. The molecule has 2 aromatic rings. The molecule has 3 aliphatic rings. The number of nitrogens with zero attached hydrogens (tertiary/aromatic N) is 2. The van der Waals surface area contributed by atoms with E-state index in [0.717, 1.165) is 49.7 Å². The maximum absolute atomic E-state index is 10.6. The lowest BCUT2D eigenvalue weighted by Crippen LogP contribution is -2.33. The van der Waals surface area contributed by atoms with Gasteiger partial charge in [0.1, 0.15) is 11.9 Å². The maximum atomic E-state index is 10.6. The minimum absolute atomic E-state index is 0.0801. The molecule has 4 heterocycles. The van der Waals surface area contributed by atoms with Crippen molar-refractivity contribution in [3.05, 3.63) is 48.3 Å². The molecule has 3 aliphatic heterocycles. The van der Waals surface area contributed by atoms with Crippen LogP contribution in [0.3, 0.4) is 0 Å². The first-order valence-electron chi connectivity index (χ1n) is 11.6. The number of rotatable bonds is 4. The Balaban J connectivity index is 0.000000263. The topological polar surface area (TPSA) is 128 Å². The highest BCUT2D eigenvalue weighted by atomic mass is 19.4. The molecule has 0 saturated carbocycles. The van der Waals surface area contributed by atoms with Crippen molar-refractivity contribution in [1.82, 2.24) is 9.88 Å². The van der Waals surface area contributed by atoms with Gasteiger partial charge in [0.05, 0.1) is 18.4 Å². The number of carbonyl (C=O) groups is 2. The second-order valence-electron chi connectivity index (χ2n) is 8.88. The van der Waals surface area contributed by atoms with E-state index in [1.54, 1.807) is 12.4 Å². The highest BCUT2D eigenvalue weighted by molar-refractivity contribution is 5.73. The number of hydrogen-bond acceptors (Lipinski definition) is 8. The summed E-state index contributed by atoms with van der Waals surface area (Å²) in [5.41, 5.74) is 1.16. The van der Waals surface area contributed by atoms with E-state index in [2.05, 4.69) is 22.0 Å². The molecule has 0 aliphatic carbocycles. The van der Waals surface area contributed by atoms with E-state index in [0.29, 0.717) is 13.4 Å². The van der Waals surface area contributed by atoms with Crippen LogP contribution in [0.1, 0.15) is 18.4 Å². The average molecular weight is 582 g/mol. The van der Waals surface area contributed by atoms with Gasteiger partial charge in [0, 0.05) is 32.3 Å². The van der Waals surface area contributed by atoms with Gasteiger partial charge in [-0.25, -0.2) is 9.59 Å². The van der Waals surface area contributed by atoms with E-state index in [9.17, 15) is 26.3 Å². The Morgan fingerprint density at radius 2 is 1.70 bits per heavy atom. The minimum Gasteiger partial charge on any atom is -0.486 e. The number of hydrogen-bond donors (Lipinski definition) is 2. The van der Waals surface area contributed by atoms with Crippen molar-refractivity contribution in [2.45, 2.75) is 43.4 Å². The highest BCUT2D eigenvalue weighted by Gasteiger charge is 2.46. The quantitative estimate of drug-likeness (QED) is 0.513. The third-order valence-electron chi connectivity index (χ3n) is 5.84. The molecule has 2 saturated heterocycles. The maximum Gasteiger partial charge on any atom is 0.490 e. The van der Waals surface area contributed by atoms with Crippen LogP contribution in [0.5, 0.6) is 17.2 Å². The molecule has 0 radical (unpaired) electrons. The van der Waals surface area contributed by atoms with Gasteiger partial charge >= 0.3 is 24.3 Å². The fourth-order valence-corrected chi connectivity index (χ4v) is 4.13. The van der Waals surface area contributed by atoms with Crippen molar-refractivity contribution in [2.24, 2.45) is 0 Å². The predicted octanol–water partition coefficient (Wildman–Crippen LogP) is 3.89. The molecule has 10 nitrogen and oxygen atoms in total. The summed E-state index contributed by atoms with van der Waals surface area (Å²) in [6, 6.07) is 10.0. The van der Waals surface area contributed by atoms with Crippen molar-refractivity contribution in [2.75, 3.05) is 26.5 Å². The Hall–Kier alpha value is -3.79. The molecule has 0 amide bonds. The SMILES string of the molecule is O=C(O)C(F)(F)F.O=C(O)C(F)(F)F.c1cncc(O[C@@H]2CO[C@@]3(CCN(Cc4ccc5c(c4)OCO5)C3)C2)c1. The number of aromatic nitrogens is 1. The van der Waals surface area contributed by atoms with Gasteiger partial charge in [-0.05, 0) is 36.2 Å². The van der Waals surface area contributed by atoms with E-state index in [-0.39, 0.29) is 11.7 Å². The van der Waals surface area contributed by atoms with Crippen LogP contribution in [0.4, 0.5) is 26.3 Å². The molecule has 1 spiro atoms. The zero-order valence-corrected chi connectivity index (χ0v) is 20.6. The summed E-state index contributed by atoms with van der Waals surface area (Å²) in [6.45, 7) is 3.84. The van der Waals surface area contributed by atoms with Gasteiger partial charge in [0.15, 0.2) is 11.5 Å². The molecule has 0 bridgehead atoms. The third-order valence-corrected chi connectivity index (χ3v) is 5.84. The van der Waals surface area contributed by atoms with Gasteiger partial charge in [0.2, 0.25) is 6.79 Å². The summed E-state index contributed by atoms with van der Waals surface area (Å²) in [4.78, 5) is 24.3. The first-order chi connectivity index (χ1) is 18.7. The number of alkyl halides is 6. The van der Waals surface area contributed by atoms with Gasteiger partial charge in [-0.3, -0.25) is 9.88 Å². The van der Waals surface area contributed by atoms with Gasteiger partial charge < -0.3 is 29.2 Å². The zero-order valence-electron chi connectivity index (χ0n) is 20.6. The Kier molecular flexibility index (Phi) is 9.68. The number of benzene rings is 1. The van der Waals surface area contributed by atoms with Crippen molar-refractivity contribution in [3.8, 4) is 17.2 Å². The first kappa shape index (κ1) is 30.7. The van der Waals surface area contributed by atoms with Crippen LogP contribution < -0.4 is 14.2 Å². The van der Waals surface area contributed by atoms with Crippen LogP contribution in [0.2, 0.25) is 0 Å². The lowest BCUT2D eigenvalue weighted by molar-refractivity contribution is -0.193. The van der Waals surface area contributed by atoms with E-state index >= 15 is 0 Å². The van der Waals surface area contributed by atoms with Crippen LogP contribution in [0.25, 0.3) is 0 Å². The molecule has 0 unspecified atom stereocenters. The number of aliphatic carboxylic acids is 2. The van der Waals surface area contributed by atoms with Gasteiger partial charge in [-0.1, -0.05) is 6.07 Å². The predicted molar refractivity (Wildman–Crippen MR) is 122 cm³/mol. The van der Waals surface area contributed by atoms with E-state index < -0.39 is 24.3 Å². The van der Waals surface area contributed by atoms with Crippen LogP contribution in [0, 0.1) is 0 Å². The van der Waals surface area contributed by atoms with Crippen molar-refractivity contribution >= 4 is 11.9 Å². The van der Waals surface area contributed by atoms with Crippen LogP contribution in [0.15, 0.2) is 42.7 Å². The number of ether oxygens (including phenoxy) is 4. The summed E-state index contributed by atoms with van der Waals surface area (Å²) >= 11 is 0. The Morgan fingerprint density at radius 3 is 2.30 bits per heavy atom. The first-order valence-corrected chi connectivity index (χ1v) is 11.6. The van der Waals surface area contributed by atoms with E-state index in [1.807, 2.05) is 18.2 Å². The number of carboxylic acid groups (broad SMARTS) is 2. The van der Waals surface area contributed by atoms with Crippen LogP contribution in [-0.4, -0.2) is 82.6 Å². The number of halogens is 6. The monoisotopic (exact) mass is 582 g/mol. The Bertz CT molecular complexity index is 1140. The standard InChI is InChI=1S/C20H22N2O4.2C2HF3O2/c1-2-16(10-21-6-1)26-17-9-20(25-12-17)5-7-22(13-20)11-15-3-4-18-19(8-15)24-14-23-18;2*3-2(4,5)1(6)7/h1-4,6,8,10,17H,5,7,9,11-14H2;2*(H,6,7)/t17-,20-;;/m0../s1.